The lowest BCUT2D eigenvalue weighted by molar-refractivity contribution is -0.132. The van der Waals surface area contributed by atoms with Crippen LogP contribution in [0.4, 0.5) is 5.82 Å². The molecule has 1 aromatic heterocycles. The average molecular weight is 452 g/mol. The van der Waals surface area contributed by atoms with Crippen LogP contribution < -0.4 is 4.90 Å². The zero-order valence-electron chi connectivity index (χ0n) is 18.1. The summed E-state index contributed by atoms with van der Waals surface area (Å²) in [7, 11) is -3.52. The molecule has 1 aromatic rings. The SMILES string of the molecule is O=C(CN1CCN(c2ccc(S(=O)(=O)N3CCOCC3)cn2)CC1)N1CCCCCC1. The third-order valence-electron chi connectivity index (χ3n) is 6.34. The standard InChI is InChI=1S/C21H33N5O4S/c27-21(25-7-3-1-2-4-8-25)18-23-9-11-24(12-10-23)20-6-5-19(17-22-20)31(28,29)26-13-15-30-16-14-26/h5-6,17H,1-4,7-16,18H2. The van der Waals surface area contributed by atoms with Gasteiger partial charge in [-0.15, -0.1) is 0 Å². The molecule has 0 N–H and O–H groups in total. The lowest BCUT2D eigenvalue weighted by atomic mass is 10.2. The minimum Gasteiger partial charge on any atom is -0.379 e. The van der Waals surface area contributed by atoms with E-state index in [2.05, 4.69) is 14.8 Å². The molecular weight excluding hydrogens is 418 g/mol. The molecule has 31 heavy (non-hydrogen) atoms. The largest absolute Gasteiger partial charge is 0.379 e. The zero-order valence-corrected chi connectivity index (χ0v) is 18.9. The molecule has 4 heterocycles. The van der Waals surface area contributed by atoms with Gasteiger partial charge in [-0.3, -0.25) is 9.69 Å². The Hall–Kier alpha value is -1.75. The highest BCUT2D eigenvalue weighted by Crippen LogP contribution is 2.20. The van der Waals surface area contributed by atoms with Gasteiger partial charge in [-0.25, -0.2) is 13.4 Å². The number of sulfonamides is 1. The topological polar surface area (TPSA) is 86.3 Å². The molecule has 0 aliphatic carbocycles. The third-order valence-corrected chi connectivity index (χ3v) is 8.22. The number of rotatable bonds is 5. The van der Waals surface area contributed by atoms with E-state index in [0.717, 1.165) is 57.9 Å². The first kappa shape index (κ1) is 22.4. The van der Waals surface area contributed by atoms with Crippen LogP contribution in [0.25, 0.3) is 0 Å². The number of anilines is 1. The number of nitrogens with zero attached hydrogens (tertiary/aromatic N) is 5. The maximum Gasteiger partial charge on any atom is 0.244 e. The number of morpholine rings is 1. The summed E-state index contributed by atoms with van der Waals surface area (Å²) in [5.74, 6) is 1.02. The summed E-state index contributed by atoms with van der Waals surface area (Å²) in [6.07, 6.45) is 6.13. The van der Waals surface area contributed by atoms with Crippen LogP contribution in [0.3, 0.4) is 0 Å². The Morgan fingerprint density at radius 2 is 1.58 bits per heavy atom. The Morgan fingerprint density at radius 1 is 0.903 bits per heavy atom. The van der Waals surface area contributed by atoms with Crippen LogP contribution in [-0.2, 0) is 19.6 Å². The van der Waals surface area contributed by atoms with E-state index in [1.54, 1.807) is 12.1 Å². The molecule has 172 valence electrons. The van der Waals surface area contributed by atoms with Gasteiger partial charge in [0.05, 0.1) is 19.8 Å². The van der Waals surface area contributed by atoms with Gasteiger partial charge in [-0.1, -0.05) is 12.8 Å². The molecule has 9 nitrogen and oxygen atoms in total. The molecule has 0 atom stereocenters. The van der Waals surface area contributed by atoms with Crippen molar-refractivity contribution < 1.29 is 17.9 Å². The van der Waals surface area contributed by atoms with Crippen molar-refractivity contribution in [3.63, 3.8) is 0 Å². The molecular formula is C21H33N5O4S. The highest BCUT2D eigenvalue weighted by atomic mass is 32.2. The van der Waals surface area contributed by atoms with Crippen molar-refractivity contribution in [1.82, 2.24) is 19.1 Å². The summed E-state index contributed by atoms with van der Waals surface area (Å²) in [6, 6.07) is 3.42. The van der Waals surface area contributed by atoms with Gasteiger partial charge < -0.3 is 14.5 Å². The fraction of sp³-hybridized carbons (Fsp3) is 0.714. The van der Waals surface area contributed by atoms with E-state index in [1.165, 1.54) is 23.3 Å². The smallest absolute Gasteiger partial charge is 0.244 e. The second kappa shape index (κ2) is 10.2. The lowest BCUT2D eigenvalue weighted by Crippen LogP contribution is -2.50. The fourth-order valence-corrected chi connectivity index (χ4v) is 5.75. The average Bonchev–Trinajstić information content (AvgIpc) is 3.10. The normalized spacial score (nSPS) is 22.3. The maximum atomic E-state index is 12.7. The molecule has 0 bridgehead atoms. The summed E-state index contributed by atoms with van der Waals surface area (Å²) >= 11 is 0. The predicted molar refractivity (Wildman–Crippen MR) is 118 cm³/mol. The molecule has 3 saturated heterocycles. The van der Waals surface area contributed by atoms with E-state index >= 15 is 0 Å². The molecule has 0 aromatic carbocycles. The number of piperazine rings is 1. The van der Waals surface area contributed by atoms with E-state index < -0.39 is 10.0 Å². The molecule has 1 amide bonds. The third kappa shape index (κ3) is 5.54. The van der Waals surface area contributed by atoms with Gasteiger partial charge in [-0.05, 0) is 25.0 Å². The number of ether oxygens (including phenoxy) is 1. The van der Waals surface area contributed by atoms with E-state index in [0.29, 0.717) is 32.8 Å². The highest BCUT2D eigenvalue weighted by Gasteiger charge is 2.27. The van der Waals surface area contributed by atoms with Gasteiger partial charge in [0.2, 0.25) is 15.9 Å². The number of hydrogen-bond donors (Lipinski definition) is 0. The van der Waals surface area contributed by atoms with Crippen molar-refractivity contribution >= 4 is 21.7 Å². The predicted octanol–water partition coefficient (Wildman–Crippen LogP) is 0.627. The first-order chi connectivity index (χ1) is 15.0. The van der Waals surface area contributed by atoms with Gasteiger partial charge in [0.25, 0.3) is 0 Å². The van der Waals surface area contributed by atoms with Gasteiger partial charge in [-0.2, -0.15) is 4.31 Å². The van der Waals surface area contributed by atoms with Gasteiger partial charge in [0, 0.05) is 58.6 Å². The molecule has 3 fully saturated rings. The lowest BCUT2D eigenvalue weighted by Gasteiger charge is -2.36. The van der Waals surface area contributed by atoms with Crippen molar-refractivity contribution in [2.75, 3.05) is 77.0 Å². The van der Waals surface area contributed by atoms with Gasteiger partial charge in [0.15, 0.2) is 0 Å². The van der Waals surface area contributed by atoms with Crippen molar-refractivity contribution in [3.05, 3.63) is 18.3 Å². The Morgan fingerprint density at radius 3 is 2.19 bits per heavy atom. The van der Waals surface area contributed by atoms with Crippen molar-refractivity contribution in [2.24, 2.45) is 0 Å². The van der Waals surface area contributed by atoms with Gasteiger partial charge in [0.1, 0.15) is 10.7 Å². The van der Waals surface area contributed by atoms with Crippen LogP contribution in [0.1, 0.15) is 25.7 Å². The fourth-order valence-electron chi connectivity index (χ4n) is 4.39. The number of pyridine rings is 1. The maximum absolute atomic E-state index is 12.7. The van der Waals surface area contributed by atoms with Crippen LogP contribution in [0.2, 0.25) is 0 Å². The summed E-state index contributed by atoms with van der Waals surface area (Å²) in [5, 5.41) is 0. The minimum atomic E-state index is -3.52. The van der Waals surface area contributed by atoms with E-state index in [9.17, 15) is 13.2 Å². The Bertz CT molecular complexity index is 826. The summed E-state index contributed by atoms with van der Waals surface area (Å²) in [5.41, 5.74) is 0. The van der Waals surface area contributed by atoms with E-state index in [1.807, 2.05) is 4.90 Å². The molecule has 0 radical (unpaired) electrons. The number of carbonyl (C=O) groups excluding carboxylic acids is 1. The van der Waals surface area contributed by atoms with Crippen LogP contribution >= 0.6 is 0 Å². The summed E-state index contributed by atoms with van der Waals surface area (Å²) in [6.45, 7) is 7.02. The molecule has 10 heteroatoms. The van der Waals surface area contributed by atoms with E-state index in [4.69, 9.17) is 4.74 Å². The summed E-state index contributed by atoms with van der Waals surface area (Å²) < 4.78 is 32.2. The highest BCUT2D eigenvalue weighted by molar-refractivity contribution is 7.89. The molecule has 3 aliphatic rings. The van der Waals surface area contributed by atoms with Gasteiger partial charge >= 0.3 is 0 Å². The van der Waals surface area contributed by atoms with Crippen LogP contribution in [0.5, 0.6) is 0 Å². The Labute approximate surface area is 185 Å². The molecule has 0 spiro atoms. The van der Waals surface area contributed by atoms with Crippen LogP contribution in [0.15, 0.2) is 23.2 Å². The zero-order chi connectivity index (χ0) is 21.7. The number of likely N-dealkylation sites (tertiary alicyclic amines) is 1. The minimum absolute atomic E-state index is 0.222. The van der Waals surface area contributed by atoms with Crippen LogP contribution in [-0.4, -0.2) is 106 Å². The number of carbonyl (C=O) groups is 1. The second-order valence-corrected chi connectivity index (χ2v) is 10.4. The van der Waals surface area contributed by atoms with E-state index in [-0.39, 0.29) is 10.8 Å². The number of aromatic nitrogens is 1. The molecule has 0 saturated carbocycles. The second-order valence-electron chi connectivity index (χ2n) is 8.43. The molecule has 4 rings (SSSR count). The van der Waals surface area contributed by atoms with Crippen molar-refractivity contribution in [1.29, 1.82) is 0 Å². The molecule has 0 unspecified atom stereocenters. The Balaban J connectivity index is 1.29. The molecule has 3 aliphatic heterocycles. The van der Waals surface area contributed by atoms with Crippen molar-refractivity contribution in [3.8, 4) is 0 Å². The first-order valence-electron chi connectivity index (χ1n) is 11.3. The number of amides is 1. The quantitative estimate of drug-likeness (QED) is 0.649. The first-order valence-corrected chi connectivity index (χ1v) is 12.8. The van der Waals surface area contributed by atoms with Crippen molar-refractivity contribution in [2.45, 2.75) is 30.6 Å². The Kier molecular flexibility index (Phi) is 7.42. The monoisotopic (exact) mass is 451 g/mol. The summed E-state index contributed by atoms with van der Waals surface area (Å²) in [4.78, 5) is 23.7. The van der Waals surface area contributed by atoms with Crippen LogP contribution in [0, 0.1) is 0 Å². The number of hydrogen-bond acceptors (Lipinski definition) is 7.